The highest BCUT2D eigenvalue weighted by atomic mass is 127. The van der Waals surface area contributed by atoms with Gasteiger partial charge in [-0.3, -0.25) is 0 Å². The van der Waals surface area contributed by atoms with Crippen molar-refractivity contribution in [3.8, 4) is 5.75 Å². The number of halogens is 1. The molecule has 1 aliphatic rings. The van der Waals surface area contributed by atoms with Gasteiger partial charge in [0, 0.05) is 6.04 Å². The molecule has 1 aliphatic heterocycles. The molecular weight excluding hydrogens is 325 g/mol. The summed E-state index contributed by atoms with van der Waals surface area (Å²) in [4.78, 5) is 2.48. The molecule has 0 bridgehead atoms. The zero-order chi connectivity index (χ0) is 12.1. The van der Waals surface area contributed by atoms with Gasteiger partial charge >= 0.3 is 0 Å². The van der Waals surface area contributed by atoms with Crippen LogP contribution in [0.15, 0.2) is 24.3 Å². The lowest BCUT2D eigenvalue weighted by molar-refractivity contribution is 0.153. The van der Waals surface area contributed by atoms with E-state index < -0.39 is 0 Å². The Morgan fingerprint density at radius 2 is 2.18 bits per heavy atom. The topological polar surface area (TPSA) is 12.5 Å². The molecule has 0 aliphatic carbocycles. The summed E-state index contributed by atoms with van der Waals surface area (Å²) in [6.07, 6.45) is 5.19. The van der Waals surface area contributed by atoms with Crippen molar-refractivity contribution in [2.45, 2.75) is 31.7 Å². The Kier molecular flexibility index (Phi) is 5.10. The van der Waals surface area contributed by atoms with Crippen LogP contribution in [0.5, 0.6) is 5.75 Å². The first-order valence-corrected chi connectivity index (χ1v) is 7.43. The Bertz CT molecular complexity index is 356. The van der Waals surface area contributed by atoms with E-state index in [9.17, 15) is 0 Å². The van der Waals surface area contributed by atoms with E-state index in [-0.39, 0.29) is 0 Å². The molecule has 0 radical (unpaired) electrons. The van der Waals surface area contributed by atoms with E-state index in [1.165, 1.54) is 29.4 Å². The molecule has 1 heterocycles. The summed E-state index contributed by atoms with van der Waals surface area (Å²) < 4.78 is 7.05. The van der Waals surface area contributed by atoms with Gasteiger partial charge in [-0.05, 0) is 67.6 Å². The van der Waals surface area contributed by atoms with Gasteiger partial charge < -0.3 is 9.64 Å². The van der Waals surface area contributed by atoms with Crippen molar-refractivity contribution in [2.75, 3.05) is 20.2 Å². The summed E-state index contributed by atoms with van der Waals surface area (Å²) >= 11 is 2.32. The SMILES string of the molecule is CN1CCCCC1CCOc1ccccc1I. The van der Waals surface area contributed by atoms with E-state index in [1.807, 2.05) is 18.2 Å². The zero-order valence-corrected chi connectivity index (χ0v) is 12.5. The summed E-state index contributed by atoms with van der Waals surface area (Å²) in [5.74, 6) is 1.02. The van der Waals surface area contributed by atoms with Crippen LogP contribution in [-0.2, 0) is 0 Å². The molecule has 94 valence electrons. The van der Waals surface area contributed by atoms with Crippen LogP contribution in [0.3, 0.4) is 0 Å². The highest BCUT2D eigenvalue weighted by molar-refractivity contribution is 14.1. The van der Waals surface area contributed by atoms with E-state index in [0.717, 1.165) is 18.8 Å². The lowest BCUT2D eigenvalue weighted by Gasteiger charge is -2.32. The highest BCUT2D eigenvalue weighted by Crippen LogP contribution is 2.21. The monoisotopic (exact) mass is 345 g/mol. The Hall–Kier alpha value is -0.290. The summed E-state index contributed by atoms with van der Waals surface area (Å²) in [6, 6.07) is 8.92. The number of hydrogen-bond acceptors (Lipinski definition) is 2. The van der Waals surface area contributed by atoms with Crippen LogP contribution in [0, 0.1) is 3.57 Å². The first-order valence-electron chi connectivity index (χ1n) is 6.35. The quantitative estimate of drug-likeness (QED) is 0.774. The van der Waals surface area contributed by atoms with Crippen molar-refractivity contribution in [3.63, 3.8) is 0 Å². The number of rotatable bonds is 4. The van der Waals surface area contributed by atoms with Crippen LogP contribution in [-0.4, -0.2) is 31.1 Å². The average molecular weight is 345 g/mol. The minimum Gasteiger partial charge on any atom is -0.492 e. The van der Waals surface area contributed by atoms with Crippen LogP contribution >= 0.6 is 22.6 Å². The number of para-hydroxylation sites is 1. The van der Waals surface area contributed by atoms with Gasteiger partial charge in [0.25, 0.3) is 0 Å². The Morgan fingerprint density at radius 1 is 1.35 bits per heavy atom. The molecule has 3 heteroatoms. The summed E-state index contributed by atoms with van der Waals surface area (Å²) in [6.45, 7) is 2.07. The van der Waals surface area contributed by atoms with Gasteiger partial charge in [-0.15, -0.1) is 0 Å². The third kappa shape index (κ3) is 3.85. The van der Waals surface area contributed by atoms with Gasteiger partial charge in [0.2, 0.25) is 0 Å². The molecule has 17 heavy (non-hydrogen) atoms. The molecule has 1 aromatic rings. The lowest BCUT2D eigenvalue weighted by Crippen LogP contribution is -2.37. The van der Waals surface area contributed by atoms with Crippen molar-refractivity contribution in [2.24, 2.45) is 0 Å². The van der Waals surface area contributed by atoms with E-state index in [2.05, 4.69) is 40.6 Å². The summed E-state index contributed by atoms with van der Waals surface area (Å²) in [5.41, 5.74) is 0. The zero-order valence-electron chi connectivity index (χ0n) is 10.4. The number of hydrogen-bond donors (Lipinski definition) is 0. The van der Waals surface area contributed by atoms with Gasteiger partial charge in [0.15, 0.2) is 0 Å². The second kappa shape index (κ2) is 6.59. The second-order valence-electron chi connectivity index (χ2n) is 4.70. The molecule has 1 aromatic carbocycles. The van der Waals surface area contributed by atoms with Gasteiger partial charge in [-0.1, -0.05) is 18.6 Å². The Labute approximate surface area is 117 Å². The average Bonchev–Trinajstić information content (AvgIpc) is 2.34. The highest BCUT2D eigenvalue weighted by Gasteiger charge is 2.18. The fraction of sp³-hybridized carbons (Fsp3) is 0.571. The smallest absolute Gasteiger partial charge is 0.132 e. The molecule has 1 atom stereocenters. The van der Waals surface area contributed by atoms with Crippen LogP contribution in [0.1, 0.15) is 25.7 Å². The maximum Gasteiger partial charge on any atom is 0.132 e. The Morgan fingerprint density at radius 3 is 2.94 bits per heavy atom. The number of piperidine rings is 1. The van der Waals surface area contributed by atoms with Gasteiger partial charge in [-0.2, -0.15) is 0 Å². The van der Waals surface area contributed by atoms with Crippen LogP contribution < -0.4 is 4.74 Å². The predicted octanol–water partition coefficient (Wildman–Crippen LogP) is 3.54. The van der Waals surface area contributed by atoms with Gasteiger partial charge in [0.05, 0.1) is 10.2 Å². The van der Waals surface area contributed by atoms with E-state index in [0.29, 0.717) is 6.04 Å². The summed E-state index contributed by atoms with van der Waals surface area (Å²) in [7, 11) is 2.23. The predicted molar refractivity (Wildman–Crippen MR) is 79.5 cm³/mol. The van der Waals surface area contributed by atoms with Crippen molar-refractivity contribution in [1.82, 2.24) is 4.90 Å². The first kappa shape index (κ1) is 13.1. The fourth-order valence-electron chi connectivity index (χ4n) is 2.38. The molecular formula is C14H20INO. The molecule has 2 rings (SSSR count). The van der Waals surface area contributed by atoms with E-state index in [4.69, 9.17) is 4.74 Å². The molecule has 0 N–H and O–H groups in total. The van der Waals surface area contributed by atoms with E-state index in [1.54, 1.807) is 0 Å². The molecule has 1 unspecified atom stereocenters. The minimum atomic E-state index is 0.713. The summed E-state index contributed by atoms with van der Waals surface area (Å²) in [5, 5.41) is 0. The van der Waals surface area contributed by atoms with Crippen molar-refractivity contribution in [1.29, 1.82) is 0 Å². The van der Waals surface area contributed by atoms with Crippen molar-refractivity contribution < 1.29 is 4.74 Å². The minimum absolute atomic E-state index is 0.713. The van der Waals surface area contributed by atoms with Crippen molar-refractivity contribution in [3.05, 3.63) is 27.8 Å². The van der Waals surface area contributed by atoms with Crippen LogP contribution in [0.25, 0.3) is 0 Å². The largest absolute Gasteiger partial charge is 0.492 e. The first-order chi connectivity index (χ1) is 8.27. The maximum atomic E-state index is 5.85. The molecule has 0 aromatic heterocycles. The third-order valence-electron chi connectivity index (χ3n) is 3.47. The van der Waals surface area contributed by atoms with Gasteiger partial charge in [0.1, 0.15) is 5.75 Å². The van der Waals surface area contributed by atoms with E-state index >= 15 is 0 Å². The maximum absolute atomic E-state index is 5.85. The second-order valence-corrected chi connectivity index (χ2v) is 5.86. The molecule has 0 amide bonds. The van der Waals surface area contributed by atoms with Crippen LogP contribution in [0.4, 0.5) is 0 Å². The molecule has 1 fully saturated rings. The normalized spacial score (nSPS) is 21.4. The molecule has 1 saturated heterocycles. The molecule has 0 saturated carbocycles. The Balaban J connectivity index is 1.77. The van der Waals surface area contributed by atoms with Crippen LogP contribution in [0.2, 0.25) is 0 Å². The molecule has 0 spiro atoms. The number of nitrogens with zero attached hydrogens (tertiary/aromatic N) is 1. The molecule has 2 nitrogen and oxygen atoms in total. The third-order valence-corrected chi connectivity index (χ3v) is 4.36. The van der Waals surface area contributed by atoms with Gasteiger partial charge in [-0.25, -0.2) is 0 Å². The fourth-order valence-corrected chi connectivity index (χ4v) is 2.92. The number of ether oxygens (including phenoxy) is 1. The standard InChI is InChI=1S/C14H20INO/c1-16-10-5-4-6-12(16)9-11-17-14-8-3-2-7-13(14)15/h2-3,7-8,12H,4-6,9-11H2,1H3. The van der Waals surface area contributed by atoms with Crippen molar-refractivity contribution >= 4 is 22.6 Å². The number of benzene rings is 1. The lowest BCUT2D eigenvalue weighted by atomic mass is 10.0. The number of likely N-dealkylation sites (tertiary alicyclic amines) is 1.